The lowest BCUT2D eigenvalue weighted by Crippen LogP contribution is -2.45. The van der Waals surface area contributed by atoms with Crippen LogP contribution in [0.1, 0.15) is 35.8 Å². The van der Waals surface area contributed by atoms with Crippen LogP contribution in [0.25, 0.3) is 33.8 Å². The highest BCUT2D eigenvalue weighted by Gasteiger charge is 2.44. The maximum Gasteiger partial charge on any atom is 0.270 e. The number of fused-ring (bicyclic) bond motifs is 1. The largest absolute Gasteiger partial charge is 0.490 e. The smallest absolute Gasteiger partial charge is 0.270 e. The van der Waals surface area contributed by atoms with Gasteiger partial charge < -0.3 is 19.7 Å². The van der Waals surface area contributed by atoms with Crippen molar-refractivity contribution in [3.05, 3.63) is 78.6 Å². The summed E-state index contributed by atoms with van der Waals surface area (Å²) in [7, 11) is 0. The minimum atomic E-state index is -3.13. The van der Waals surface area contributed by atoms with Gasteiger partial charge in [-0.25, -0.2) is 23.1 Å². The second-order valence-corrected chi connectivity index (χ2v) is 10.1. The number of benzene rings is 2. The van der Waals surface area contributed by atoms with Gasteiger partial charge in [0, 0.05) is 42.8 Å². The zero-order valence-electron chi connectivity index (χ0n) is 22.2. The molecule has 13 heteroatoms. The molecule has 216 valence electrons. The van der Waals surface area contributed by atoms with E-state index in [9.17, 15) is 14.3 Å². The third-order valence-electron chi connectivity index (χ3n) is 7.13. The molecule has 0 aliphatic heterocycles. The van der Waals surface area contributed by atoms with Crippen LogP contribution < -0.4 is 10.1 Å². The van der Waals surface area contributed by atoms with Gasteiger partial charge in [-0.3, -0.25) is 14.9 Å². The first kappa shape index (κ1) is 27.4. The summed E-state index contributed by atoms with van der Waals surface area (Å²) in [6, 6.07) is 12.7. The Bertz CT molecular complexity index is 1730. The summed E-state index contributed by atoms with van der Waals surface area (Å²) >= 11 is 0. The number of rotatable bonds is 8. The van der Waals surface area contributed by atoms with Crippen LogP contribution in [-0.4, -0.2) is 65.9 Å². The number of nitrogens with zero attached hydrogens (tertiary/aromatic N) is 5. The molecule has 0 bridgehead atoms. The molecule has 2 aromatic carbocycles. The Morgan fingerprint density at radius 1 is 1.14 bits per heavy atom. The number of imidazole rings is 1. The van der Waals surface area contributed by atoms with Crippen LogP contribution in [0.4, 0.5) is 13.2 Å². The average molecular weight is 578 g/mol. The first-order valence-electron chi connectivity index (χ1n) is 13.3. The topological polar surface area (TPSA) is 131 Å². The quantitative estimate of drug-likeness (QED) is 0.247. The summed E-state index contributed by atoms with van der Waals surface area (Å²) in [5, 5.41) is 18.8. The Morgan fingerprint density at radius 3 is 2.79 bits per heavy atom. The van der Waals surface area contributed by atoms with Crippen LogP contribution >= 0.6 is 0 Å². The van der Waals surface area contributed by atoms with Crippen molar-refractivity contribution in [2.45, 2.75) is 37.3 Å². The predicted octanol–water partition coefficient (Wildman–Crippen LogP) is 4.55. The van der Waals surface area contributed by atoms with E-state index in [0.29, 0.717) is 39.6 Å². The molecule has 1 amide bonds. The third-order valence-corrected chi connectivity index (χ3v) is 7.13. The number of para-hydroxylation sites is 1. The van der Waals surface area contributed by atoms with E-state index in [1.165, 1.54) is 6.33 Å². The van der Waals surface area contributed by atoms with Crippen molar-refractivity contribution in [3.8, 4) is 28.5 Å². The molecule has 0 saturated heterocycles. The van der Waals surface area contributed by atoms with E-state index in [4.69, 9.17) is 9.72 Å². The highest BCUT2D eigenvalue weighted by Crippen LogP contribution is 2.44. The minimum Gasteiger partial charge on any atom is -0.490 e. The number of H-pyrrole nitrogens is 1. The number of aliphatic hydroxyl groups is 1. The van der Waals surface area contributed by atoms with Crippen LogP contribution in [-0.2, 0) is 0 Å². The maximum atomic E-state index is 15.4. The number of hydrogen-bond acceptors (Lipinski definition) is 7. The number of halogens is 3. The van der Waals surface area contributed by atoms with Gasteiger partial charge in [-0.1, -0.05) is 12.1 Å². The van der Waals surface area contributed by atoms with Gasteiger partial charge in [-0.05, 0) is 42.8 Å². The molecule has 2 unspecified atom stereocenters. The number of aromatic nitrogens is 6. The third kappa shape index (κ3) is 5.55. The standard InChI is InChI=1S/C29H26F3N7O3/c30-18-7-8-33-23(12-18)28(41)36-19-13-20(15-29(31,32)14-19)39-24-11-17(26-34-16-35-38-26)5-6-22(24)37-27(39)21-3-1-2-4-25(21)42-10-9-40/h1-8,11-12,16,19-20,40H,9-10,13-15H2,(H,36,41)(H,34,35,38). The molecule has 10 nitrogen and oxygen atoms in total. The van der Waals surface area contributed by atoms with Crippen LogP contribution in [0.5, 0.6) is 5.75 Å². The first-order chi connectivity index (χ1) is 20.3. The number of alkyl halides is 2. The number of amides is 1. The normalized spacial score (nSPS) is 18.2. The molecule has 1 aliphatic carbocycles. The number of hydrogen-bond donors (Lipinski definition) is 3. The van der Waals surface area contributed by atoms with E-state index < -0.39 is 42.6 Å². The number of ether oxygens (including phenoxy) is 1. The molecule has 2 atom stereocenters. The molecule has 1 saturated carbocycles. The molecule has 3 aromatic heterocycles. The second-order valence-electron chi connectivity index (χ2n) is 10.1. The number of aliphatic hydroxyl groups excluding tert-OH is 1. The molecule has 6 rings (SSSR count). The highest BCUT2D eigenvalue weighted by atomic mass is 19.3. The molecule has 1 fully saturated rings. The van der Waals surface area contributed by atoms with Crippen molar-refractivity contribution in [2.24, 2.45) is 0 Å². The minimum absolute atomic E-state index is 0.0376. The fourth-order valence-corrected chi connectivity index (χ4v) is 5.45. The van der Waals surface area contributed by atoms with Crippen LogP contribution in [0.3, 0.4) is 0 Å². The number of nitrogens with one attached hydrogen (secondary N) is 2. The van der Waals surface area contributed by atoms with Gasteiger partial charge in [0.05, 0.1) is 23.2 Å². The summed E-state index contributed by atoms with van der Waals surface area (Å²) in [5.74, 6) is -3.26. The van der Waals surface area contributed by atoms with Crippen LogP contribution in [0.2, 0.25) is 0 Å². The SMILES string of the molecule is O=C(NC1CC(n2c(-c3ccccc3OCCO)nc3ccc(-c4nc[nH]n4)cc32)CC(F)(F)C1)c1cc(F)ccn1. The van der Waals surface area contributed by atoms with Crippen LogP contribution in [0, 0.1) is 5.82 Å². The van der Waals surface area contributed by atoms with Gasteiger partial charge in [0.15, 0.2) is 5.82 Å². The molecule has 3 heterocycles. The Hall–Kier alpha value is -4.78. The first-order valence-corrected chi connectivity index (χ1v) is 13.3. The molecule has 0 spiro atoms. The summed E-state index contributed by atoms with van der Waals surface area (Å²) in [5.41, 5.74) is 2.15. The zero-order valence-corrected chi connectivity index (χ0v) is 22.2. The van der Waals surface area contributed by atoms with Crippen molar-refractivity contribution >= 4 is 16.9 Å². The van der Waals surface area contributed by atoms with E-state index in [1.807, 2.05) is 0 Å². The Morgan fingerprint density at radius 2 is 2.00 bits per heavy atom. The Kier molecular flexibility index (Phi) is 7.33. The highest BCUT2D eigenvalue weighted by molar-refractivity contribution is 5.92. The molecule has 0 radical (unpaired) electrons. The second kappa shape index (κ2) is 11.2. The van der Waals surface area contributed by atoms with E-state index in [2.05, 4.69) is 25.5 Å². The van der Waals surface area contributed by atoms with E-state index in [0.717, 1.165) is 18.3 Å². The van der Waals surface area contributed by atoms with Crippen molar-refractivity contribution in [1.29, 1.82) is 0 Å². The molecule has 3 N–H and O–H groups in total. The lowest BCUT2D eigenvalue weighted by molar-refractivity contribution is -0.0584. The van der Waals surface area contributed by atoms with E-state index in [1.54, 1.807) is 47.0 Å². The molecular formula is C29H26F3N7O3. The summed E-state index contributed by atoms with van der Waals surface area (Å²) in [6.07, 6.45) is 1.67. The van der Waals surface area contributed by atoms with Crippen molar-refractivity contribution in [2.75, 3.05) is 13.2 Å². The van der Waals surface area contributed by atoms with Crippen molar-refractivity contribution < 1.29 is 27.8 Å². The van der Waals surface area contributed by atoms with Gasteiger partial charge in [-0.15, -0.1) is 0 Å². The van der Waals surface area contributed by atoms with Crippen molar-refractivity contribution in [1.82, 2.24) is 35.0 Å². The van der Waals surface area contributed by atoms with Gasteiger partial charge in [0.25, 0.3) is 11.8 Å². The molecule has 1 aliphatic rings. The van der Waals surface area contributed by atoms with Crippen molar-refractivity contribution in [3.63, 3.8) is 0 Å². The fourth-order valence-electron chi connectivity index (χ4n) is 5.45. The van der Waals surface area contributed by atoms with E-state index >= 15 is 8.78 Å². The molecule has 42 heavy (non-hydrogen) atoms. The summed E-state index contributed by atoms with van der Waals surface area (Å²) in [4.78, 5) is 25.7. The van der Waals surface area contributed by atoms with Gasteiger partial charge in [0.1, 0.15) is 36.0 Å². The number of carbonyl (C=O) groups excluding carboxylic acids is 1. The van der Waals surface area contributed by atoms with Gasteiger partial charge >= 0.3 is 0 Å². The lowest BCUT2D eigenvalue weighted by Gasteiger charge is -2.36. The average Bonchev–Trinajstić information content (AvgIpc) is 3.63. The summed E-state index contributed by atoms with van der Waals surface area (Å²) in [6.45, 7) is -0.170. The fraction of sp³-hybridized carbons (Fsp3) is 0.276. The monoisotopic (exact) mass is 577 g/mol. The van der Waals surface area contributed by atoms with Crippen LogP contribution in [0.15, 0.2) is 67.1 Å². The Balaban J connectivity index is 1.45. The number of pyridine rings is 1. The number of carbonyl (C=O) groups is 1. The lowest BCUT2D eigenvalue weighted by atomic mass is 9.87. The van der Waals surface area contributed by atoms with Gasteiger partial charge in [-0.2, -0.15) is 5.10 Å². The maximum absolute atomic E-state index is 15.4. The Labute approximate surface area is 237 Å². The summed E-state index contributed by atoms with van der Waals surface area (Å²) < 4.78 is 51.9. The zero-order chi connectivity index (χ0) is 29.3. The van der Waals surface area contributed by atoms with Gasteiger partial charge in [0.2, 0.25) is 0 Å². The van der Waals surface area contributed by atoms with E-state index in [-0.39, 0.29) is 25.3 Å². The molecule has 5 aromatic rings. The predicted molar refractivity (Wildman–Crippen MR) is 146 cm³/mol. The molecular weight excluding hydrogens is 551 g/mol. The number of aromatic amines is 1.